The van der Waals surface area contributed by atoms with Gasteiger partial charge < -0.3 is 27.3 Å². The second-order valence-electron chi connectivity index (χ2n) is 36.0. The molecule has 0 atom stereocenters. The first-order chi connectivity index (χ1) is 64.8. The molecular weight excluding hydrogens is 2030 g/mol. The molecule has 9 aromatic carbocycles. The van der Waals surface area contributed by atoms with E-state index in [1.807, 2.05) is 12.1 Å². The SMILES string of the molecule is CCCCCCCCC1(CCCCCCCC)c2cc(Br)ccc2-c2ccc(-c3cc(OC)cc(OC)c3)cc21.CCCCCCCCC1(CCCCCCCC)c2cc(Br)ccc2-c2ccc(-c3cc(OSOOC(F)(F)F)cc(OSOOC(F)(F)F)c3)cc21.CCCCCCCCC1(CCCCCCCC)c2cc(Br)ccc2-c2ccc(Br)cc21.COc1cc(Cl)cc(OC)c1. The molecule has 0 spiro atoms. The molecule has 3 aliphatic carbocycles. The minimum Gasteiger partial charge on any atom is -0.497 e. The van der Waals surface area contributed by atoms with Crippen molar-refractivity contribution < 1.29 is 72.1 Å². The van der Waals surface area contributed by atoms with Crippen molar-refractivity contribution in [1.82, 2.24) is 0 Å². The standard InChI is InChI=1S/C37H43BrF6O6S2.C37H49BrO2.C29H40Br2.C8H9ClO2/c1-3-5-7-9-11-13-19-35(20-14-12-10-8-6-4-2)33-23-26(15-17-31(33)32-18-16-28(38)24-34(32)35)27-21-29(45-51-49-47-36(39,40)41)25-30(22-27)46-52-50-48-37(42,43)44;1-5-7-9-11-13-15-21-37(22-16-14-12-10-8-6-2)35-25-28(29-23-31(39-3)27-32(24-29)40-4)17-19-33(35)34-20-18-30(38)26-36(34)37;1-3-5-7-9-11-13-19-29(20-14-12-10-8-6-4-2)27-21-23(30)15-17-25(27)26-18-16-24(31)22-28(26)29;1-10-7-3-6(9)4-8(5-7)11-2/h15-18,21-25H,3-14,19-20H2,1-2H3;17-20,23-27H,5-16,21-22H2,1-4H3;15-18,21-22H,3-14,19-20H2,1-2H3;3-5H,1-2H3. The molecule has 0 heterocycles. The Morgan fingerprint density at radius 1 is 0.254 bits per heavy atom. The quantitative estimate of drug-likeness (QED) is 0.0119. The predicted molar refractivity (Wildman–Crippen MR) is 558 cm³/mol. The van der Waals surface area contributed by atoms with Gasteiger partial charge in [0, 0.05) is 57.4 Å². The Labute approximate surface area is 844 Å². The fourth-order valence-corrected chi connectivity index (χ4v) is 22.0. The van der Waals surface area contributed by atoms with Gasteiger partial charge >= 0.3 is 12.7 Å². The number of hydrogen-bond donors (Lipinski definition) is 0. The van der Waals surface area contributed by atoms with Crippen molar-refractivity contribution in [2.45, 2.75) is 340 Å². The van der Waals surface area contributed by atoms with Crippen LogP contribution in [0.2, 0.25) is 5.02 Å². The first-order valence-corrected chi connectivity index (χ1v) is 54.0. The third-order valence-corrected chi connectivity index (χ3v) is 29.4. The van der Waals surface area contributed by atoms with Crippen LogP contribution in [-0.2, 0) is 34.7 Å². The highest BCUT2D eigenvalue weighted by molar-refractivity contribution is 9.11. The summed E-state index contributed by atoms with van der Waals surface area (Å²) in [5, 5.41) is 0.612. The van der Waals surface area contributed by atoms with Crippen molar-refractivity contribution in [2.75, 3.05) is 28.4 Å². The summed E-state index contributed by atoms with van der Waals surface area (Å²) >= 11 is 20.7. The third kappa shape index (κ3) is 33.7. The Balaban J connectivity index is 0.000000218. The van der Waals surface area contributed by atoms with E-state index in [9.17, 15) is 26.3 Å². The summed E-state index contributed by atoms with van der Waals surface area (Å²) in [7, 11) is 6.62. The van der Waals surface area contributed by atoms with Crippen molar-refractivity contribution in [3.05, 3.63) is 220 Å². The van der Waals surface area contributed by atoms with E-state index in [1.165, 1.54) is 306 Å². The monoisotopic (exact) mass is 2160 g/mol. The number of halogens is 11. The zero-order valence-electron chi connectivity index (χ0n) is 80.3. The van der Waals surface area contributed by atoms with Crippen LogP contribution >= 0.6 is 100.0 Å². The number of fused-ring (bicyclic) bond motifs is 9. The zero-order valence-corrected chi connectivity index (χ0v) is 89.1. The van der Waals surface area contributed by atoms with Gasteiger partial charge in [0.1, 0.15) is 34.5 Å². The van der Waals surface area contributed by atoms with E-state index in [2.05, 4.69) is 239 Å². The highest BCUT2D eigenvalue weighted by Crippen LogP contribution is 2.60. The van der Waals surface area contributed by atoms with Crippen LogP contribution in [0.4, 0.5) is 26.3 Å². The van der Waals surface area contributed by atoms with Gasteiger partial charge in [0.05, 0.1) is 28.4 Å². The molecule has 0 N–H and O–H groups in total. The van der Waals surface area contributed by atoms with Gasteiger partial charge in [0.25, 0.3) is 24.6 Å². The van der Waals surface area contributed by atoms with Crippen LogP contribution in [0, 0.1) is 0 Å². The highest BCUT2D eigenvalue weighted by atomic mass is 79.9. The Bertz CT molecular complexity index is 4830. The fourth-order valence-electron chi connectivity index (χ4n) is 19.8. The molecule has 734 valence electrons. The lowest BCUT2D eigenvalue weighted by molar-refractivity contribution is -0.441. The second kappa shape index (κ2) is 58.4. The van der Waals surface area contributed by atoms with E-state index in [0.717, 1.165) is 71.2 Å². The molecule has 134 heavy (non-hydrogen) atoms. The first kappa shape index (κ1) is 112. The lowest BCUT2D eigenvalue weighted by Crippen LogP contribution is -2.25. The van der Waals surface area contributed by atoms with Crippen LogP contribution < -0.4 is 27.3 Å². The highest BCUT2D eigenvalue weighted by Gasteiger charge is 2.46. The molecule has 3 aliphatic rings. The number of benzene rings is 9. The summed E-state index contributed by atoms with van der Waals surface area (Å²) in [5.41, 5.74) is 20.3. The van der Waals surface area contributed by atoms with Gasteiger partial charge in [-0.3, -0.25) is 0 Å². The Hall–Kier alpha value is -5.89. The zero-order chi connectivity index (χ0) is 96.4. The minimum absolute atomic E-state index is 0.0289. The van der Waals surface area contributed by atoms with Crippen LogP contribution in [0.1, 0.15) is 345 Å². The van der Waals surface area contributed by atoms with Crippen LogP contribution in [0.5, 0.6) is 34.5 Å². The van der Waals surface area contributed by atoms with Gasteiger partial charge in [-0.15, -0.1) is 44.8 Å². The Kier molecular flexibility index (Phi) is 48.7. The first-order valence-electron chi connectivity index (χ1n) is 49.1. The van der Waals surface area contributed by atoms with Crippen molar-refractivity contribution in [3.8, 4) is 90.1 Å². The molecule has 0 radical (unpaired) electrons. The average molecular weight is 2170 g/mol. The Morgan fingerprint density at radius 2 is 0.463 bits per heavy atom. The number of alkyl halides is 6. The van der Waals surface area contributed by atoms with Gasteiger partial charge in [0.2, 0.25) is 0 Å². The van der Waals surface area contributed by atoms with E-state index in [1.54, 1.807) is 69.9 Å². The van der Waals surface area contributed by atoms with Gasteiger partial charge in [-0.05, 0) is 225 Å². The van der Waals surface area contributed by atoms with Gasteiger partial charge in [-0.1, -0.05) is 397 Å². The molecule has 0 saturated heterocycles. The van der Waals surface area contributed by atoms with E-state index < -0.39 is 12.7 Å². The molecule has 12 rings (SSSR count). The maximum absolute atomic E-state index is 12.4. The smallest absolute Gasteiger partial charge is 0.497 e. The number of methoxy groups -OCH3 is 4. The number of hydrogen-bond acceptors (Lipinski definition) is 12. The van der Waals surface area contributed by atoms with Crippen LogP contribution in [0.25, 0.3) is 55.6 Å². The maximum Gasteiger partial charge on any atom is 0.550 e. The van der Waals surface area contributed by atoms with Crippen molar-refractivity contribution >= 4 is 100.0 Å². The molecule has 0 unspecified atom stereocenters. The molecule has 9 aromatic rings. The molecule has 0 saturated carbocycles. The lowest BCUT2D eigenvalue weighted by Gasteiger charge is -2.33. The van der Waals surface area contributed by atoms with Crippen LogP contribution in [-0.4, -0.2) is 41.2 Å². The third-order valence-electron chi connectivity index (χ3n) is 26.5. The summed E-state index contributed by atoms with van der Waals surface area (Å²) in [6.45, 7) is 13.6. The summed E-state index contributed by atoms with van der Waals surface area (Å²) in [4.78, 5) is 6.59. The molecular formula is C111H141Br4ClF6O10S2. The van der Waals surface area contributed by atoms with Crippen molar-refractivity contribution in [1.29, 1.82) is 0 Å². The molecule has 0 amide bonds. The lowest BCUT2D eigenvalue weighted by atomic mass is 9.70. The van der Waals surface area contributed by atoms with Gasteiger partial charge in [-0.25, -0.2) is 0 Å². The molecule has 23 heteroatoms. The molecule has 0 fully saturated rings. The van der Waals surface area contributed by atoms with Crippen molar-refractivity contribution in [2.24, 2.45) is 0 Å². The molecule has 0 aromatic heterocycles. The van der Waals surface area contributed by atoms with Crippen LogP contribution in [0.3, 0.4) is 0 Å². The van der Waals surface area contributed by atoms with Gasteiger partial charge in [0.15, 0.2) is 0 Å². The van der Waals surface area contributed by atoms with Gasteiger partial charge in [-0.2, -0.15) is 0 Å². The molecule has 0 bridgehead atoms. The normalized spacial score (nSPS) is 13.2. The predicted octanol–water partition coefficient (Wildman–Crippen LogP) is 39.9. The van der Waals surface area contributed by atoms with E-state index in [4.69, 9.17) is 38.9 Å². The average Bonchev–Trinajstić information content (AvgIpc) is 1.57. The maximum atomic E-state index is 12.4. The van der Waals surface area contributed by atoms with Crippen LogP contribution in [0.15, 0.2) is 182 Å². The largest absolute Gasteiger partial charge is 0.550 e. The summed E-state index contributed by atoms with van der Waals surface area (Å²) < 4.78 is 119. The summed E-state index contributed by atoms with van der Waals surface area (Å²) in [6, 6.07) is 56.5. The minimum atomic E-state index is -5.06. The topological polar surface area (TPSA) is 92.3 Å². The van der Waals surface area contributed by atoms with E-state index >= 15 is 0 Å². The van der Waals surface area contributed by atoms with E-state index in [-0.39, 0.29) is 52.4 Å². The summed E-state index contributed by atoms with van der Waals surface area (Å²) in [6.07, 6.45) is 43.1. The number of rotatable bonds is 56. The number of unbranched alkanes of at least 4 members (excludes halogenated alkanes) is 30. The fraction of sp³-hybridized carbons (Fsp3) is 0.514. The Morgan fingerprint density at radius 3 is 0.701 bits per heavy atom. The molecule has 10 nitrogen and oxygen atoms in total. The van der Waals surface area contributed by atoms with E-state index in [0.29, 0.717) is 22.1 Å². The number of ether oxygens (including phenoxy) is 4. The summed E-state index contributed by atoms with van der Waals surface area (Å²) in [5.74, 6) is 3.00. The van der Waals surface area contributed by atoms with Crippen molar-refractivity contribution in [3.63, 3.8) is 0 Å². The molecule has 0 aliphatic heterocycles. The second-order valence-corrected chi connectivity index (χ2v) is 40.9.